The fourth-order valence-electron chi connectivity index (χ4n) is 1.51. The maximum Gasteiger partial charge on any atom is 0.228 e. The minimum Gasteiger partial charge on any atom is -0.326 e. The van der Waals surface area contributed by atoms with E-state index in [1.54, 1.807) is 0 Å². The van der Waals surface area contributed by atoms with Crippen LogP contribution in [0, 0.1) is 5.41 Å². The second-order valence-electron chi connectivity index (χ2n) is 4.15. The number of amides is 1. The van der Waals surface area contributed by atoms with Crippen LogP contribution in [-0.4, -0.2) is 5.91 Å². The zero-order valence-electron chi connectivity index (χ0n) is 7.92. The summed E-state index contributed by atoms with van der Waals surface area (Å²) in [6.07, 6.45) is 8.81. The van der Waals surface area contributed by atoms with Crippen molar-refractivity contribution in [3.05, 3.63) is 35.6 Å². The van der Waals surface area contributed by atoms with Crippen LogP contribution in [0.25, 0.3) is 0 Å². The van der Waals surface area contributed by atoms with Gasteiger partial charge in [0, 0.05) is 11.1 Å². The van der Waals surface area contributed by atoms with Gasteiger partial charge in [-0.2, -0.15) is 0 Å². The van der Waals surface area contributed by atoms with Crippen LogP contribution in [-0.2, 0) is 4.79 Å². The Morgan fingerprint density at radius 2 is 2.00 bits per heavy atom. The number of carbonyl (C=O) groups is 1. The lowest BCUT2D eigenvalue weighted by Crippen LogP contribution is -2.14. The molecule has 13 heavy (non-hydrogen) atoms. The smallest absolute Gasteiger partial charge is 0.228 e. The van der Waals surface area contributed by atoms with Crippen molar-refractivity contribution < 1.29 is 4.79 Å². The molecule has 0 atom stereocenters. The predicted molar refractivity (Wildman–Crippen MR) is 51.8 cm³/mol. The van der Waals surface area contributed by atoms with Crippen LogP contribution in [0.5, 0.6) is 0 Å². The topological polar surface area (TPSA) is 29.1 Å². The molecular formula is C11H13NO. The summed E-state index contributed by atoms with van der Waals surface area (Å²) >= 11 is 0. The Labute approximate surface area is 78.0 Å². The number of allylic oxidation sites excluding steroid dienone is 4. The summed E-state index contributed by atoms with van der Waals surface area (Å²) < 4.78 is 0. The summed E-state index contributed by atoms with van der Waals surface area (Å²) in [6, 6.07) is 0. The maximum atomic E-state index is 11.1. The summed E-state index contributed by atoms with van der Waals surface area (Å²) in [4.78, 5) is 11.1. The highest BCUT2D eigenvalue weighted by Gasteiger charge is 2.21. The van der Waals surface area contributed by atoms with Gasteiger partial charge in [0.15, 0.2) is 0 Å². The lowest BCUT2D eigenvalue weighted by molar-refractivity contribution is -0.118. The Bertz CT molecular complexity index is 315. The molecule has 2 rings (SSSR count). The Balaban J connectivity index is 2.34. The van der Waals surface area contributed by atoms with E-state index in [2.05, 4.69) is 31.3 Å². The zero-order chi connectivity index (χ0) is 9.47. The molecule has 2 nitrogen and oxygen atoms in total. The van der Waals surface area contributed by atoms with Crippen LogP contribution in [0.1, 0.15) is 20.3 Å². The van der Waals surface area contributed by atoms with E-state index in [0.717, 1.165) is 11.3 Å². The minimum absolute atomic E-state index is 0.0923. The van der Waals surface area contributed by atoms with Crippen molar-refractivity contribution in [2.75, 3.05) is 0 Å². The van der Waals surface area contributed by atoms with Crippen molar-refractivity contribution in [1.29, 1.82) is 0 Å². The molecule has 1 aliphatic heterocycles. The second kappa shape index (κ2) is 2.59. The van der Waals surface area contributed by atoms with E-state index in [1.807, 2.05) is 12.2 Å². The summed E-state index contributed by atoms with van der Waals surface area (Å²) in [6.45, 7) is 4.29. The third kappa shape index (κ3) is 1.57. The van der Waals surface area contributed by atoms with Gasteiger partial charge in [-0.1, -0.05) is 32.1 Å². The van der Waals surface area contributed by atoms with Crippen LogP contribution in [0.4, 0.5) is 0 Å². The molecule has 0 fully saturated rings. The van der Waals surface area contributed by atoms with Crippen molar-refractivity contribution >= 4 is 5.91 Å². The molecule has 68 valence electrons. The van der Waals surface area contributed by atoms with Gasteiger partial charge in [-0.15, -0.1) is 0 Å². The third-order valence-corrected chi connectivity index (χ3v) is 2.36. The second-order valence-corrected chi connectivity index (χ2v) is 4.15. The molecule has 1 amide bonds. The monoisotopic (exact) mass is 175 g/mol. The molecular weight excluding hydrogens is 162 g/mol. The summed E-state index contributed by atoms with van der Waals surface area (Å²) in [5.74, 6) is 0.0963. The van der Waals surface area contributed by atoms with Crippen LogP contribution < -0.4 is 5.32 Å². The minimum atomic E-state index is 0.0923. The van der Waals surface area contributed by atoms with E-state index < -0.39 is 0 Å². The van der Waals surface area contributed by atoms with E-state index in [9.17, 15) is 4.79 Å². The number of hydrogen-bond donors (Lipinski definition) is 1. The van der Waals surface area contributed by atoms with Crippen molar-refractivity contribution in [2.45, 2.75) is 20.3 Å². The Morgan fingerprint density at radius 3 is 2.77 bits per heavy atom. The first-order valence-electron chi connectivity index (χ1n) is 4.48. The third-order valence-electron chi connectivity index (χ3n) is 2.36. The molecule has 2 aliphatic rings. The molecule has 1 heterocycles. The Hall–Kier alpha value is -1.31. The van der Waals surface area contributed by atoms with E-state index in [1.165, 1.54) is 0 Å². The number of nitrogens with one attached hydrogen (secondary N) is 1. The van der Waals surface area contributed by atoms with Crippen molar-refractivity contribution in [3.63, 3.8) is 0 Å². The summed E-state index contributed by atoms with van der Waals surface area (Å²) in [5.41, 5.74) is 2.16. The van der Waals surface area contributed by atoms with E-state index >= 15 is 0 Å². The molecule has 1 N–H and O–H groups in total. The van der Waals surface area contributed by atoms with Crippen LogP contribution in [0.2, 0.25) is 0 Å². The van der Waals surface area contributed by atoms with Gasteiger partial charge < -0.3 is 5.32 Å². The fraction of sp³-hybridized carbons (Fsp3) is 0.364. The van der Waals surface area contributed by atoms with Gasteiger partial charge in [0.05, 0.1) is 6.42 Å². The highest BCUT2D eigenvalue weighted by molar-refractivity contribution is 5.86. The maximum absolute atomic E-state index is 11.1. The van der Waals surface area contributed by atoms with Gasteiger partial charge in [-0.05, 0) is 11.6 Å². The van der Waals surface area contributed by atoms with Crippen LogP contribution in [0.3, 0.4) is 0 Å². The average Bonchev–Trinajstić information content (AvgIpc) is 2.34. The first kappa shape index (κ1) is 8.30. The standard InChI is InChI=1S/C11H13NO/c1-11(2)5-3-8-7-10(13)12-9(8)4-6-11/h3-6H,7H2,1-2H3,(H,12,13). The highest BCUT2D eigenvalue weighted by atomic mass is 16.1. The van der Waals surface area contributed by atoms with Crippen molar-refractivity contribution in [2.24, 2.45) is 5.41 Å². The molecule has 0 aromatic carbocycles. The first-order valence-corrected chi connectivity index (χ1v) is 4.48. The number of rotatable bonds is 0. The van der Waals surface area contributed by atoms with Crippen molar-refractivity contribution in [3.8, 4) is 0 Å². The molecule has 0 bridgehead atoms. The summed E-state index contributed by atoms with van der Waals surface area (Å²) in [7, 11) is 0. The Morgan fingerprint density at radius 1 is 1.31 bits per heavy atom. The van der Waals surface area contributed by atoms with Gasteiger partial charge in [-0.25, -0.2) is 0 Å². The number of hydrogen-bond acceptors (Lipinski definition) is 1. The molecule has 0 saturated carbocycles. The van der Waals surface area contributed by atoms with Gasteiger partial charge in [0.25, 0.3) is 0 Å². The SMILES string of the molecule is CC1(C)C=CC2=C(C=C1)NC(=O)C2. The van der Waals surface area contributed by atoms with Crippen LogP contribution >= 0.6 is 0 Å². The van der Waals surface area contributed by atoms with Gasteiger partial charge in [0.2, 0.25) is 5.91 Å². The van der Waals surface area contributed by atoms with E-state index in [0.29, 0.717) is 6.42 Å². The lowest BCUT2D eigenvalue weighted by atomic mass is 9.93. The van der Waals surface area contributed by atoms with Crippen molar-refractivity contribution in [1.82, 2.24) is 5.32 Å². The summed E-state index contributed by atoms with van der Waals surface area (Å²) in [5, 5.41) is 2.84. The molecule has 0 saturated heterocycles. The average molecular weight is 175 g/mol. The predicted octanol–water partition coefficient (Wildman–Crippen LogP) is 1.91. The molecule has 0 aromatic rings. The molecule has 0 aromatic heterocycles. The molecule has 0 radical (unpaired) electrons. The Kier molecular flexibility index (Phi) is 1.65. The largest absolute Gasteiger partial charge is 0.326 e. The van der Waals surface area contributed by atoms with E-state index in [4.69, 9.17) is 0 Å². The van der Waals surface area contributed by atoms with E-state index in [-0.39, 0.29) is 11.3 Å². The molecule has 0 unspecified atom stereocenters. The van der Waals surface area contributed by atoms with Crippen LogP contribution in [0.15, 0.2) is 35.6 Å². The normalized spacial score (nSPS) is 24.3. The molecule has 1 aliphatic carbocycles. The first-order chi connectivity index (χ1) is 6.07. The van der Waals surface area contributed by atoms with Gasteiger partial charge >= 0.3 is 0 Å². The van der Waals surface area contributed by atoms with Gasteiger partial charge in [-0.3, -0.25) is 4.79 Å². The lowest BCUT2D eigenvalue weighted by Gasteiger charge is -2.12. The molecule has 0 spiro atoms. The zero-order valence-corrected chi connectivity index (χ0v) is 7.92. The fourth-order valence-corrected chi connectivity index (χ4v) is 1.51. The highest BCUT2D eigenvalue weighted by Crippen LogP contribution is 2.27. The quantitative estimate of drug-likeness (QED) is 0.598. The number of carbonyl (C=O) groups excluding carboxylic acids is 1. The van der Waals surface area contributed by atoms with Gasteiger partial charge in [0.1, 0.15) is 0 Å². The molecule has 2 heteroatoms.